The van der Waals surface area contributed by atoms with E-state index in [0.717, 1.165) is 24.6 Å². The number of halogens is 1. The fraction of sp³-hybridized carbons (Fsp3) is 0.333. The summed E-state index contributed by atoms with van der Waals surface area (Å²) < 4.78 is 5.83. The average Bonchev–Trinajstić information content (AvgIpc) is 2.41. The topological polar surface area (TPSA) is 21.3 Å². The predicted molar refractivity (Wildman–Crippen MR) is 89.2 cm³/mol. The van der Waals surface area contributed by atoms with Crippen LogP contribution in [0.2, 0.25) is 5.02 Å². The van der Waals surface area contributed by atoms with Gasteiger partial charge < -0.3 is 10.1 Å². The van der Waals surface area contributed by atoms with Gasteiger partial charge in [-0.3, -0.25) is 0 Å². The Morgan fingerprint density at radius 1 is 1.10 bits per heavy atom. The molecule has 2 nitrogen and oxygen atoms in total. The van der Waals surface area contributed by atoms with Crippen LogP contribution < -0.4 is 10.1 Å². The number of rotatable bonds is 6. The van der Waals surface area contributed by atoms with E-state index in [9.17, 15) is 0 Å². The number of benzene rings is 2. The van der Waals surface area contributed by atoms with Crippen LogP contribution in [0.15, 0.2) is 42.5 Å². The zero-order valence-electron chi connectivity index (χ0n) is 12.8. The minimum atomic E-state index is 0.663. The van der Waals surface area contributed by atoms with Gasteiger partial charge in [-0.1, -0.05) is 37.6 Å². The summed E-state index contributed by atoms with van der Waals surface area (Å²) in [5, 5.41) is 4.14. The van der Waals surface area contributed by atoms with Gasteiger partial charge in [0.1, 0.15) is 11.5 Å². The van der Waals surface area contributed by atoms with Gasteiger partial charge in [-0.25, -0.2) is 0 Å². The largest absolute Gasteiger partial charge is 0.457 e. The highest BCUT2D eigenvalue weighted by Gasteiger charge is 2.03. The van der Waals surface area contributed by atoms with Crippen LogP contribution in [-0.2, 0) is 6.54 Å². The number of nitrogens with one attached hydrogen (secondary N) is 1. The summed E-state index contributed by atoms with van der Waals surface area (Å²) in [7, 11) is 0. The van der Waals surface area contributed by atoms with Crippen molar-refractivity contribution in [2.75, 3.05) is 6.54 Å². The van der Waals surface area contributed by atoms with Crippen LogP contribution in [-0.4, -0.2) is 6.54 Å². The van der Waals surface area contributed by atoms with Crippen molar-refractivity contribution in [1.29, 1.82) is 0 Å². The molecule has 0 aliphatic rings. The highest BCUT2D eigenvalue weighted by Crippen LogP contribution is 2.25. The Hall–Kier alpha value is -1.51. The Morgan fingerprint density at radius 2 is 1.86 bits per heavy atom. The summed E-state index contributed by atoms with van der Waals surface area (Å²) in [6.07, 6.45) is 0. The van der Waals surface area contributed by atoms with E-state index >= 15 is 0 Å². The van der Waals surface area contributed by atoms with Crippen molar-refractivity contribution >= 4 is 11.6 Å². The van der Waals surface area contributed by atoms with Crippen LogP contribution in [0.1, 0.15) is 25.0 Å². The Kier molecular flexibility index (Phi) is 5.66. The zero-order chi connectivity index (χ0) is 15.2. The minimum absolute atomic E-state index is 0.663. The molecule has 2 rings (SSSR count). The summed E-state index contributed by atoms with van der Waals surface area (Å²) >= 11 is 5.96. The molecule has 21 heavy (non-hydrogen) atoms. The number of ether oxygens (including phenoxy) is 1. The maximum Gasteiger partial charge on any atom is 0.128 e. The average molecular weight is 304 g/mol. The van der Waals surface area contributed by atoms with Crippen molar-refractivity contribution in [3.8, 4) is 11.5 Å². The molecule has 0 amide bonds. The molecule has 0 bridgehead atoms. The standard InChI is InChI=1S/C18H22ClNO/c1-13(2)11-20-12-15-7-8-18(9-14(15)3)21-17-6-4-5-16(19)10-17/h4-10,13,20H,11-12H2,1-3H3. The molecule has 0 saturated heterocycles. The minimum Gasteiger partial charge on any atom is -0.457 e. The molecule has 0 radical (unpaired) electrons. The highest BCUT2D eigenvalue weighted by molar-refractivity contribution is 6.30. The number of aryl methyl sites for hydroxylation is 1. The number of hydrogen-bond acceptors (Lipinski definition) is 2. The monoisotopic (exact) mass is 303 g/mol. The molecule has 0 unspecified atom stereocenters. The smallest absolute Gasteiger partial charge is 0.128 e. The van der Waals surface area contributed by atoms with Crippen molar-refractivity contribution in [3.63, 3.8) is 0 Å². The van der Waals surface area contributed by atoms with Crippen LogP contribution in [0.5, 0.6) is 11.5 Å². The molecule has 1 N–H and O–H groups in total. The van der Waals surface area contributed by atoms with Crippen LogP contribution in [0.25, 0.3) is 0 Å². The number of hydrogen-bond donors (Lipinski definition) is 1. The van der Waals surface area contributed by atoms with Gasteiger partial charge in [0.15, 0.2) is 0 Å². The SMILES string of the molecule is Cc1cc(Oc2cccc(Cl)c2)ccc1CNCC(C)C. The van der Waals surface area contributed by atoms with Crippen LogP contribution >= 0.6 is 11.6 Å². The first-order valence-corrected chi connectivity index (χ1v) is 7.66. The van der Waals surface area contributed by atoms with Gasteiger partial charge in [-0.2, -0.15) is 0 Å². The normalized spacial score (nSPS) is 10.9. The van der Waals surface area contributed by atoms with E-state index in [1.165, 1.54) is 11.1 Å². The van der Waals surface area contributed by atoms with E-state index in [1.54, 1.807) is 0 Å². The molecule has 2 aromatic rings. The molecule has 3 heteroatoms. The first-order valence-electron chi connectivity index (χ1n) is 7.28. The fourth-order valence-electron chi connectivity index (χ4n) is 2.09. The third-order valence-corrected chi connectivity index (χ3v) is 3.45. The first-order chi connectivity index (χ1) is 10.0. The second kappa shape index (κ2) is 7.48. The Morgan fingerprint density at radius 3 is 2.52 bits per heavy atom. The van der Waals surface area contributed by atoms with Crippen molar-refractivity contribution < 1.29 is 4.74 Å². The first kappa shape index (κ1) is 15.9. The molecular formula is C18H22ClNO. The zero-order valence-corrected chi connectivity index (χ0v) is 13.6. The van der Waals surface area contributed by atoms with E-state index in [2.05, 4.69) is 38.2 Å². The second-order valence-corrected chi connectivity index (χ2v) is 6.11. The predicted octanol–water partition coefficient (Wildman–Crippen LogP) is 5.19. The van der Waals surface area contributed by atoms with Gasteiger partial charge in [0.25, 0.3) is 0 Å². The molecule has 0 fully saturated rings. The molecule has 0 aliphatic carbocycles. The van der Waals surface area contributed by atoms with Crippen molar-refractivity contribution in [3.05, 3.63) is 58.6 Å². The van der Waals surface area contributed by atoms with E-state index in [0.29, 0.717) is 10.9 Å². The van der Waals surface area contributed by atoms with E-state index in [4.69, 9.17) is 16.3 Å². The van der Waals surface area contributed by atoms with Gasteiger partial charge in [0, 0.05) is 11.6 Å². The highest BCUT2D eigenvalue weighted by atomic mass is 35.5. The molecule has 0 aliphatic heterocycles. The molecular weight excluding hydrogens is 282 g/mol. The van der Waals surface area contributed by atoms with Crippen LogP contribution in [0, 0.1) is 12.8 Å². The quantitative estimate of drug-likeness (QED) is 0.793. The Labute approximate surface area is 132 Å². The van der Waals surface area contributed by atoms with Gasteiger partial charge >= 0.3 is 0 Å². The molecule has 112 valence electrons. The van der Waals surface area contributed by atoms with Crippen LogP contribution in [0.4, 0.5) is 0 Å². The summed E-state index contributed by atoms with van der Waals surface area (Å²) in [6.45, 7) is 8.45. The molecule has 0 saturated carbocycles. The van der Waals surface area contributed by atoms with E-state index in [-0.39, 0.29) is 0 Å². The van der Waals surface area contributed by atoms with E-state index < -0.39 is 0 Å². The van der Waals surface area contributed by atoms with Gasteiger partial charge in [0.2, 0.25) is 0 Å². The maximum atomic E-state index is 5.96. The second-order valence-electron chi connectivity index (χ2n) is 5.67. The van der Waals surface area contributed by atoms with Crippen molar-refractivity contribution in [2.45, 2.75) is 27.3 Å². The fourth-order valence-corrected chi connectivity index (χ4v) is 2.27. The molecule has 2 aromatic carbocycles. The lowest BCUT2D eigenvalue weighted by atomic mass is 10.1. The van der Waals surface area contributed by atoms with Crippen molar-refractivity contribution in [1.82, 2.24) is 5.32 Å². The molecule has 0 spiro atoms. The maximum absolute atomic E-state index is 5.96. The summed E-state index contributed by atoms with van der Waals surface area (Å²) in [4.78, 5) is 0. The van der Waals surface area contributed by atoms with E-state index in [1.807, 2.05) is 30.3 Å². The Balaban J connectivity index is 2.01. The summed E-state index contributed by atoms with van der Waals surface area (Å²) in [5.74, 6) is 2.26. The summed E-state index contributed by atoms with van der Waals surface area (Å²) in [5.41, 5.74) is 2.53. The van der Waals surface area contributed by atoms with Gasteiger partial charge in [-0.15, -0.1) is 0 Å². The molecule has 0 aromatic heterocycles. The Bertz CT molecular complexity index is 596. The summed E-state index contributed by atoms with van der Waals surface area (Å²) in [6, 6.07) is 13.6. The lowest BCUT2D eigenvalue weighted by Crippen LogP contribution is -2.19. The lowest BCUT2D eigenvalue weighted by Gasteiger charge is -2.12. The lowest BCUT2D eigenvalue weighted by molar-refractivity contribution is 0.481. The molecule has 0 heterocycles. The third-order valence-electron chi connectivity index (χ3n) is 3.21. The van der Waals surface area contributed by atoms with Crippen molar-refractivity contribution in [2.24, 2.45) is 5.92 Å². The van der Waals surface area contributed by atoms with Crippen LogP contribution in [0.3, 0.4) is 0 Å². The molecule has 0 atom stereocenters. The third kappa shape index (κ3) is 5.07. The van der Waals surface area contributed by atoms with Gasteiger partial charge in [-0.05, 0) is 60.8 Å². The van der Waals surface area contributed by atoms with Gasteiger partial charge in [0.05, 0.1) is 0 Å².